The molecule has 0 aromatic carbocycles. The van der Waals surface area contributed by atoms with Gasteiger partial charge in [-0.1, -0.05) is 0 Å². The van der Waals surface area contributed by atoms with Gasteiger partial charge in [0.15, 0.2) is 0 Å². The molecule has 0 atom stereocenters. The molecular weight excluding hydrogens is 150 g/mol. The predicted octanol–water partition coefficient (Wildman–Crippen LogP) is 1.54. The Hall–Kier alpha value is -0.900. The molecule has 0 unspecified atom stereocenters. The molecule has 0 spiro atoms. The van der Waals surface area contributed by atoms with Crippen LogP contribution in [0.2, 0.25) is 0 Å². The van der Waals surface area contributed by atoms with Gasteiger partial charge < -0.3 is 5.11 Å². The number of hydrogen-bond acceptors (Lipinski definition) is 3. The lowest BCUT2D eigenvalue weighted by Gasteiger charge is -1.65. The van der Waals surface area contributed by atoms with Crippen molar-refractivity contribution in [3.05, 3.63) is 16.6 Å². The molecule has 0 saturated carbocycles. The SMILES string of the molecule is CC(=O)O.Cc1nccs1. The molecule has 0 radical (unpaired) electrons. The van der Waals surface area contributed by atoms with Crippen LogP contribution < -0.4 is 0 Å². The lowest BCUT2D eigenvalue weighted by atomic mass is 10.8. The van der Waals surface area contributed by atoms with E-state index in [1.54, 1.807) is 17.5 Å². The van der Waals surface area contributed by atoms with Crippen LogP contribution in [0.5, 0.6) is 0 Å². The summed E-state index contributed by atoms with van der Waals surface area (Å²) in [6.45, 7) is 3.07. The first kappa shape index (κ1) is 9.10. The van der Waals surface area contributed by atoms with Crippen molar-refractivity contribution >= 4 is 17.3 Å². The molecule has 1 N–H and O–H groups in total. The Balaban J connectivity index is 0.000000180. The number of rotatable bonds is 0. The van der Waals surface area contributed by atoms with E-state index in [1.165, 1.54) is 0 Å². The van der Waals surface area contributed by atoms with Crippen LogP contribution in [0.3, 0.4) is 0 Å². The van der Waals surface area contributed by atoms with E-state index in [1.807, 2.05) is 12.3 Å². The number of hydrogen-bond donors (Lipinski definition) is 1. The van der Waals surface area contributed by atoms with Crippen molar-refractivity contribution in [1.82, 2.24) is 4.98 Å². The summed E-state index contributed by atoms with van der Waals surface area (Å²) in [5.41, 5.74) is 0. The first-order chi connectivity index (χ1) is 4.63. The van der Waals surface area contributed by atoms with Gasteiger partial charge >= 0.3 is 0 Å². The molecule has 0 bridgehead atoms. The molecule has 0 aliphatic heterocycles. The monoisotopic (exact) mass is 159 g/mol. The van der Waals surface area contributed by atoms with E-state index in [4.69, 9.17) is 9.90 Å². The molecule has 1 rings (SSSR count). The van der Waals surface area contributed by atoms with Gasteiger partial charge in [-0.2, -0.15) is 0 Å². The fraction of sp³-hybridized carbons (Fsp3) is 0.333. The van der Waals surface area contributed by atoms with E-state index in [-0.39, 0.29) is 0 Å². The molecule has 1 aromatic rings. The smallest absolute Gasteiger partial charge is 0.300 e. The van der Waals surface area contributed by atoms with Crippen molar-refractivity contribution in [3.63, 3.8) is 0 Å². The predicted molar refractivity (Wildman–Crippen MR) is 40.2 cm³/mol. The molecule has 10 heavy (non-hydrogen) atoms. The Morgan fingerprint density at radius 1 is 1.80 bits per heavy atom. The third-order valence-electron chi connectivity index (χ3n) is 0.556. The molecular formula is C6H9NO2S. The van der Waals surface area contributed by atoms with Crippen LogP contribution in [0.25, 0.3) is 0 Å². The maximum atomic E-state index is 9.00. The highest BCUT2D eigenvalue weighted by Crippen LogP contribution is 1.98. The molecule has 56 valence electrons. The summed E-state index contributed by atoms with van der Waals surface area (Å²) in [4.78, 5) is 12.9. The van der Waals surface area contributed by atoms with Crippen LogP contribution in [0, 0.1) is 6.92 Å². The molecule has 0 amide bonds. The molecule has 4 heteroatoms. The van der Waals surface area contributed by atoms with Gasteiger partial charge in [0.1, 0.15) is 0 Å². The van der Waals surface area contributed by atoms with Crippen molar-refractivity contribution in [1.29, 1.82) is 0 Å². The summed E-state index contributed by atoms with van der Waals surface area (Å²) in [7, 11) is 0. The van der Waals surface area contributed by atoms with Crippen LogP contribution in [0.1, 0.15) is 11.9 Å². The van der Waals surface area contributed by atoms with Gasteiger partial charge in [-0.05, 0) is 6.92 Å². The first-order valence-electron chi connectivity index (χ1n) is 2.68. The molecule has 0 aliphatic carbocycles. The molecule has 0 aliphatic rings. The minimum absolute atomic E-state index is 0.833. The zero-order valence-electron chi connectivity index (χ0n) is 5.87. The van der Waals surface area contributed by atoms with E-state index in [0.717, 1.165) is 11.9 Å². The van der Waals surface area contributed by atoms with Gasteiger partial charge in [0.25, 0.3) is 5.97 Å². The van der Waals surface area contributed by atoms with Crippen LogP contribution in [-0.2, 0) is 4.79 Å². The number of aryl methyl sites for hydroxylation is 1. The van der Waals surface area contributed by atoms with Crippen molar-refractivity contribution in [2.24, 2.45) is 0 Å². The van der Waals surface area contributed by atoms with Crippen molar-refractivity contribution in [2.45, 2.75) is 13.8 Å². The fourth-order valence-electron chi connectivity index (χ4n) is 0.295. The third kappa shape index (κ3) is 7.10. The van der Waals surface area contributed by atoms with Gasteiger partial charge in [0.2, 0.25) is 0 Å². The maximum absolute atomic E-state index is 9.00. The largest absolute Gasteiger partial charge is 0.481 e. The molecule has 0 fully saturated rings. The quantitative estimate of drug-likeness (QED) is 0.624. The van der Waals surface area contributed by atoms with E-state index >= 15 is 0 Å². The number of carbonyl (C=O) groups is 1. The minimum Gasteiger partial charge on any atom is -0.481 e. The van der Waals surface area contributed by atoms with Gasteiger partial charge in [0, 0.05) is 18.5 Å². The second-order valence-corrected chi connectivity index (χ2v) is 2.67. The Kier molecular flexibility index (Phi) is 4.49. The standard InChI is InChI=1S/C4H5NS.C2H4O2/c1-4-5-2-3-6-4;1-2(3)4/h2-3H,1H3;1H3,(H,3,4). The fourth-order valence-corrected chi connectivity index (χ4v) is 0.735. The first-order valence-corrected chi connectivity index (χ1v) is 3.56. The lowest BCUT2D eigenvalue weighted by molar-refractivity contribution is -0.134. The Labute approximate surface area is 63.3 Å². The summed E-state index contributed by atoms with van der Waals surface area (Å²) in [5.74, 6) is -0.833. The minimum atomic E-state index is -0.833. The van der Waals surface area contributed by atoms with Crippen LogP contribution in [0.15, 0.2) is 11.6 Å². The maximum Gasteiger partial charge on any atom is 0.300 e. The zero-order valence-corrected chi connectivity index (χ0v) is 6.68. The van der Waals surface area contributed by atoms with Crippen molar-refractivity contribution in [2.75, 3.05) is 0 Å². The summed E-state index contributed by atoms with van der Waals surface area (Å²) in [6, 6.07) is 0. The number of carboxylic acid groups (broad SMARTS) is 1. The van der Waals surface area contributed by atoms with Gasteiger partial charge in [0.05, 0.1) is 5.01 Å². The van der Waals surface area contributed by atoms with E-state index in [9.17, 15) is 0 Å². The summed E-state index contributed by atoms with van der Waals surface area (Å²) in [6.07, 6.45) is 1.81. The number of aromatic nitrogens is 1. The Morgan fingerprint density at radius 3 is 2.40 bits per heavy atom. The third-order valence-corrected chi connectivity index (χ3v) is 1.26. The average molecular weight is 159 g/mol. The van der Waals surface area contributed by atoms with E-state index in [0.29, 0.717) is 0 Å². The Bertz CT molecular complexity index is 180. The van der Waals surface area contributed by atoms with Gasteiger partial charge in [-0.25, -0.2) is 0 Å². The van der Waals surface area contributed by atoms with Crippen molar-refractivity contribution < 1.29 is 9.90 Å². The highest BCUT2D eigenvalue weighted by Gasteiger charge is 1.76. The summed E-state index contributed by atoms with van der Waals surface area (Å²) >= 11 is 1.67. The average Bonchev–Trinajstić information content (AvgIpc) is 2.15. The summed E-state index contributed by atoms with van der Waals surface area (Å²) in [5, 5.41) is 10.5. The topological polar surface area (TPSA) is 50.2 Å². The number of nitrogens with zero attached hydrogens (tertiary/aromatic N) is 1. The summed E-state index contributed by atoms with van der Waals surface area (Å²) < 4.78 is 0. The number of aliphatic carboxylic acids is 1. The number of thiazole rings is 1. The van der Waals surface area contributed by atoms with E-state index in [2.05, 4.69) is 4.98 Å². The normalized spacial score (nSPS) is 7.80. The second-order valence-electron chi connectivity index (χ2n) is 1.57. The molecule has 0 saturated heterocycles. The lowest BCUT2D eigenvalue weighted by Crippen LogP contribution is -1.78. The molecule has 1 aromatic heterocycles. The Morgan fingerprint density at radius 2 is 2.30 bits per heavy atom. The van der Waals surface area contributed by atoms with Gasteiger partial charge in [-0.15, -0.1) is 11.3 Å². The van der Waals surface area contributed by atoms with Crippen LogP contribution >= 0.6 is 11.3 Å². The van der Waals surface area contributed by atoms with E-state index < -0.39 is 5.97 Å². The highest BCUT2D eigenvalue weighted by atomic mass is 32.1. The highest BCUT2D eigenvalue weighted by molar-refractivity contribution is 7.09. The zero-order chi connectivity index (χ0) is 7.98. The van der Waals surface area contributed by atoms with Crippen LogP contribution in [0.4, 0.5) is 0 Å². The van der Waals surface area contributed by atoms with Gasteiger partial charge in [-0.3, -0.25) is 9.78 Å². The molecule has 3 nitrogen and oxygen atoms in total. The van der Waals surface area contributed by atoms with Crippen molar-refractivity contribution in [3.8, 4) is 0 Å². The second kappa shape index (κ2) is 4.93. The molecule has 1 heterocycles. The van der Waals surface area contributed by atoms with Crippen LogP contribution in [-0.4, -0.2) is 16.1 Å². The number of carboxylic acids is 1.